The van der Waals surface area contributed by atoms with E-state index in [9.17, 15) is 4.79 Å². The summed E-state index contributed by atoms with van der Waals surface area (Å²) in [5.41, 5.74) is 0. The molecule has 1 amide bonds. The van der Waals surface area contributed by atoms with Crippen molar-refractivity contribution in [1.29, 1.82) is 0 Å². The summed E-state index contributed by atoms with van der Waals surface area (Å²) in [5.74, 6) is -0.0747. The Morgan fingerprint density at radius 2 is 2.27 bits per heavy atom. The van der Waals surface area contributed by atoms with Gasteiger partial charge in [0.05, 0.1) is 12.6 Å². The molecule has 1 atom stereocenters. The zero-order valence-electron chi connectivity index (χ0n) is 6.78. The van der Waals surface area contributed by atoms with Crippen LogP contribution in [0, 0.1) is 0 Å². The molecule has 0 fully saturated rings. The van der Waals surface area contributed by atoms with Crippen molar-refractivity contribution in [2.75, 3.05) is 13.6 Å². The highest BCUT2D eigenvalue weighted by molar-refractivity contribution is 6.29. The average molecular weight is 177 g/mol. The second-order valence-corrected chi connectivity index (χ2v) is 2.78. The predicted molar refractivity (Wildman–Crippen MR) is 46.5 cm³/mol. The van der Waals surface area contributed by atoms with Crippen LogP contribution in [0.2, 0.25) is 0 Å². The predicted octanol–water partition coefficient (Wildman–Crippen LogP) is 0.463. The maximum Gasteiger partial charge on any atom is 0.237 e. The fourth-order valence-corrected chi connectivity index (χ4v) is 0.534. The van der Waals surface area contributed by atoms with Crippen LogP contribution in [0.3, 0.4) is 0 Å². The lowest BCUT2D eigenvalue weighted by Gasteiger charge is -2.09. The van der Waals surface area contributed by atoms with Gasteiger partial charge in [-0.25, -0.2) is 0 Å². The number of hydrogen-bond donors (Lipinski definition) is 2. The molecule has 0 radical (unpaired) electrons. The van der Waals surface area contributed by atoms with Crippen LogP contribution in [0.15, 0.2) is 11.6 Å². The third kappa shape index (κ3) is 4.81. The molecule has 0 aromatic carbocycles. The van der Waals surface area contributed by atoms with Crippen LogP contribution in [0.4, 0.5) is 0 Å². The lowest BCUT2D eigenvalue weighted by Crippen LogP contribution is -2.40. The van der Waals surface area contributed by atoms with Crippen molar-refractivity contribution in [3.63, 3.8) is 0 Å². The minimum Gasteiger partial charge on any atom is -0.350 e. The van der Waals surface area contributed by atoms with Gasteiger partial charge in [-0.1, -0.05) is 18.2 Å². The third-order valence-electron chi connectivity index (χ3n) is 1.28. The van der Waals surface area contributed by atoms with E-state index in [0.29, 0.717) is 11.6 Å². The largest absolute Gasteiger partial charge is 0.350 e. The van der Waals surface area contributed by atoms with Crippen LogP contribution in [0.25, 0.3) is 0 Å². The molecule has 3 nitrogen and oxygen atoms in total. The summed E-state index contributed by atoms with van der Waals surface area (Å²) >= 11 is 5.44. The first-order chi connectivity index (χ1) is 5.07. The summed E-state index contributed by atoms with van der Waals surface area (Å²) in [7, 11) is 1.72. The fraction of sp³-hybridized carbons (Fsp3) is 0.571. The molecule has 0 aliphatic rings. The van der Waals surface area contributed by atoms with E-state index in [1.165, 1.54) is 0 Å². The van der Waals surface area contributed by atoms with Gasteiger partial charge in [-0.15, -0.1) is 0 Å². The van der Waals surface area contributed by atoms with Gasteiger partial charge in [-0.3, -0.25) is 4.79 Å². The number of rotatable bonds is 4. The molecule has 11 heavy (non-hydrogen) atoms. The first-order valence-corrected chi connectivity index (χ1v) is 3.74. The molecule has 64 valence electrons. The number of hydrogen-bond acceptors (Lipinski definition) is 2. The van der Waals surface area contributed by atoms with E-state index in [4.69, 9.17) is 11.6 Å². The summed E-state index contributed by atoms with van der Waals surface area (Å²) in [5, 5.41) is 5.84. The SMILES string of the molecule is C=C(Cl)CNC(=O)C(C)NC. The Hall–Kier alpha value is -0.540. The van der Waals surface area contributed by atoms with Gasteiger partial charge in [0, 0.05) is 5.03 Å². The number of carbonyl (C=O) groups excluding carboxylic acids is 1. The molecule has 1 unspecified atom stereocenters. The molecule has 0 aliphatic heterocycles. The summed E-state index contributed by atoms with van der Waals surface area (Å²) in [6, 6.07) is -0.189. The summed E-state index contributed by atoms with van der Waals surface area (Å²) in [6.45, 7) is 5.54. The molecule has 0 saturated heterocycles. The van der Waals surface area contributed by atoms with Gasteiger partial charge >= 0.3 is 0 Å². The Morgan fingerprint density at radius 3 is 2.64 bits per heavy atom. The quantitative estimate of drug-likeness (QED) is 0.654. The molecule has 0 saturated carbocycles. The van der Waals surface area contributed by atoms with Crippen LogP contribution in [-0.4, -0.2) is 25.5 Å². The standard InChI is InChI=1S/C7H13ClN2O/c1-5(8)4-10-7(11)6(2)9-3/h6,9H,1,4H2,2-3H3,(H,10,11). The van der Waals surface area contributed by atoms with Crippen LogP contribution in [0.5, 0.6) is 0 Å². The zero-order chi connectivity index (χ0) is 8.85. The first-order valence-electron chi connectivity index (χ1n) is 3.36. The highest BCUT2D eigenvalue weighted by Crippen LogP contribution is 1.92. The Bertz CT molecular complexity index is 159. The molecule has 0 rings (SSSR count). The van der Waals surface area contributed by atoms with Gasteiger partial charge in [0.25, 0.3) is 0 Å². The molecular formula is C7H13ClN2O. The van der Waals surface area contributed by atoms with Crippen LogP contribution < -0.4 is 10.6 Å². The van der Waals surface area contributed by atoms with E-state index in [-0.39, 0.29) is 11.9 Å². The Balaban J connectivity index is 3.60. The molecule has 0 aromatic rings. The van der Waals surface area contributed by atoms with Gasteiger partial charge < -0.3 is 10.6 Å². The van der Waals surface area contributed by atoms with E-state index < -0.39 is 0 Å². The van der Waals surface area contributed by atoms with Crippen molar-refractivity contribution in [2.45, 2.75) is 13.0 Å². The molecule has 4 heteroatoms. The van der Waals surface area contributed by atoms with Gasteiger partial charge in [-0.2, -0.15) is 0 Å². The summed E-state index contributed by atoms with van der Waals surface area (Å²) in [6.07, 6.45) is 0. The summed E-state index contributed by atoms with van der Waals surface area (Å²) < 4.78 is 0. The summed E-state index contributed by atoms with van der Waals surface area (Å²) in [4.78, 5) is 11.0. The van der Waals surface area contributed by atoms with Gasteiger partial charge in [0.15, 0.2) is 0 Å². The van der Waals surface area contributed by atoms with Crippen LogP contribution in [0.1, 0.15) is 6.92 Å². The molecule has 0 bridgehead atoms. The third-order valence-corrected chi connectivity index (χ3v) is 1.41. The van der Waals surface area contributed by atoms with E-state index in [1.807, 2.05) is 0 Å². The normalized spacial score (nSPS) is 12.3. The number of nitrogens with one attached hydrogen (secondary N) is 2. The van der Waals surface area contributed by atoms with Crippen molar-refractivity contribution in [3.05, 3.63) is 11.6 Å². The molecule has 0 spiro atoms. The lowest BCUT2D eigenvalue weighted by atomic mass is 10.3. The monoisotopic (exact) mass is 176 g/mol. The number of likely N-dealkylation sites (N-methyl/N-ethyl adjacent to an activating group) is 1. The number of carbonyl (C=O) groups is 1. The van der Waals surface area contributed by atoms with E-state index in [2.05, 4.69) is 17.2 Å². The minimum absolute atomic E-state index is 0.0747. The van der Waals surface area contributed by atoms with Crippen molar-refractivity contribution in [2.24, 2.45) is 0 Å². The second-order valence-electron chi connectivity index (χ2n) is 2.25. The van der Waals surface area contributed by atoms with Crippen molar-refractivity contribution >= 4 is 17.5 Å². The second kappa shape index (κ2) is 5.16. The van der Waals surface area contributed by atoms with Gasteiger partial charge in [-0.05, 0) is 14.0 Å². The highest BCUT2D eigenvalue weighted by Gasteiger charge is 2.08. The average Bonchev–Trinajstić information content (AvgIpc) is 1.98. The number of amides is 1. The molecule has 0 heterocycles. The fourth-order valence-electron chi connectivity index (χ4n) is 0.467. The van der Waals surface area contributed by atoms with Gasteiger partial charge in [0.2, 0.25) is 5.91 Å². The Morgan fingerprint density at radius 1 is 1.73 bits per heavy atom. The topological polar surface area (TPSA) is 41.1 Å². The van der Waals surface area contributed by atoms with Crippen LogP contribution in [-0.2, 0) is 4.79 Å². The smallest absolute Gasteiger partial charge is 0.237 e. The first kappa shape index (κ1) is 10.5. The van der Waals surface area contributed by atoms with E-state index in [0.717, 1.165) is 0 Å². The minimum atomic E-state index is -0.189. The van der Waals surface area contributed by atoms with Crippen molar-refractivity contribution < 1.29 is 4.79 Å². The van der Waals surface area contributed by atoms with Crippen LogP contribution >= 0.6 is 11.6 Å². The van der Waals surface area contributed by atoms with Crippen molar-refractivity contribution in [1.82, 2.24) is 10.6 Å². The molecule has 2 N–H and O–H groups in total. The molecular weight excluding hydrogens is 164 g/mol. The maximum absolute atomic E-state index is 11.0. The number of halogens is 1. The van der Waals surface area contributed by atoms with Gasteiger partial charge in [0.1, 0.15) is 0 Å². The van der Waals surface area contributed by atoms with E-state index >= 15 is 0 Å². The Kier molecular flexibility index (Phi) is 4.90. The van der Waals surface area contributed by atoms with Crippen molar-refractivity contribution in [3.8, 4) is 0 Å². The molecule has 0 aliphatic carbocycles. The highest BCUT2D eigenvalue weighted by atomic mass is 35.5. The maximum atomic E-state index is 11.0. The lowest BCUT2D eigenvalue weighted by molar-refractivity contribution is -0.122. The zero-order valence-corrected chi connectivity index (χ0v) is 7.53. The molecule has 0 aromatic heterocycles. The Labute approximate surface area is 71.8 Å². The van der Waals surface area contributed by atoms with E-state index in [1.54, 1.807) is 14.0 Å².